The monoisotopic (exact) mass is 431 g/mol. The third-order valence-electron chi connectivity index (χ3n) is 5.69. The van der Waals surface area contributed by atoms with E-state index < -0.39 is 5.54 Å². The third-order valence-corrected chi connectivity index (χ3v) is 5.69. The number of hydrogen-bond acceptors (Lipinski definition) is 5. The summed E-state index contributed by atoms with van der Waals surface area (Å²) in [4.78, 5) is 1.68. The van der Waals surface area contributed by atoms with Crippen molar-refractivity contribution in [3.05, 3.63) is 138 Å². The Morgan fingerprint density at radius 1 is 0.667 bits per heavy atom. The summed E-state index contributed by atoms with van der Waals surface area (Å²) in [5, 5.41) is 26.1. The molecule has 0 fully saturated rings. The van der Waals surface area contributed by atoms with Crippen LogP contribution in [0.2, 0.25) is 0 Å². The molecule has 0 saturated carbocycles. The average Bonchev–Trinajstić information content (AvgIpc) is 3.37. The molecule has 33 heavy (non-hydrogen) atoms. The molecule has 1 heterocycles. The predicted molar refractivity (Wildman–Crippen MR) is 127 cm³/mol. The zero-order valence-electron chi connectivity index (χ0n) is 17.7. The first-order valence-electron chi connectivity index (χ1n) is 10.6. The smallest absolute Gasteiger partial charge is 0.205 e. The quantitative estimate of drug-likeness (QED) is 0.178. The molecule has 160 valence electrons. The zero-order valence-corrected chi connectivity index (χ0v) is 17.7. The number of nitrogens with zero attached hydrogens (tertiary/aromatic N) is 5. The molecule has 0 spiro atoms. The molecule has 0 bridgehead atoms. The van der Waals surface area contributed by atoms with E-state index in [9.17, 15) is 0 Å². The first kappa shape index (κ1) is 20.3. The molecule has 1 N–H and O–H groups in total. The Bertz CT molecular complexity index is 1270. The van der Waals surface area contributed by atoms with Crippen LogP contribution in [0.15, 0.2) is 120 Å². The van der Waals surface area contributed by atoms with Gasteiger partial charge in [0.15, 0.2) is 5.54 Å². The highest BCUT2D eigenvalue weighted by atomic mass is 16.4. The number of oxime groups is 1. The highest BCUT2D eigenvalue weighted by molar-refractivity contribution is 5.88. The van der Waals surface area contributed by atoms with E-state index in [4.69, 9.17) is 10.3 Å². The SMILES string of the molecule is ON=Cc1ccccc1-c1nnn(C(c2ccccc2)(c2ccccc2)c2ccccc2)n1. The maximum atomic E-state index is 9.08. The van der Waals surface area contributed by atoms with Crippen LogP contribution in [0.5, 0.6) is 0 Å². The van der Waals surface area contributed by atoms with Gasteiger partial charge in [-0.05, 0) is 21.9 Å². The minimum absolute atomic E-state index is 0.442. The van der Waals surface area contributed by atoms with E-state index in [-0.39, 0.29) is 0 Å². The van der Waals surface area contributed by atoms with Crippen LogP contribution in [0.1, 0.15) is 22.3 Å². The van der Waals surface area contributed by atoms with Crippen molar-refractivity contribution in [1.29, 1.82) is 0 Å². The fourth-order valence-electron chi connectivity index (χ4n) is 4.22. The summed E-state index contributed by atoms with van der Waals surface area (Å²) < 4.78 is 0. The van der Waals surface area contributed by atoms with Crippen LogP contribution in [0.3, 0.4) is 0 Å². The van der Waals surface area contributed by atoms with Gasteiger partial charge in [0.25, 0.3) is 0 Å². The zero-order chi connectivity index (χ0) is 22.5. The molecule has 6 nitrogen and oxygen atoms in total. The summed E-state index contributed by atoms with van der Waals surface area (Å²) >= 11 is 0. The topological polar surface area (TPSA) is 76.2 Å². The van der Waals surface area contributed by atoms with Crippen LogP contribution in [-0.2, 0) is 5.54 Å². The summed E-state index contributed by atoms with van der Waals surface area (Å²) in [6.45, 7) is 0. The van der Waals surface area contributed by atoms with Crippen LogP contribution in [-0.4, -0.2) is 31.6 Å². The van der Waals surface area contributed by atoms with E-state index in [0.29, 0.717) is 11.4 Å². The fourth-order valence-corrected chi connectivity index (χ4v) is 4.22. The van der Waals surface area contributed by atoms with Crippen LogP contribution >= 0.6 is 0 Å². The molecule has 0 aliphatic carbocycles. The molecule has 0 radical (unpaired) electrons. The Hall–Kier alpha value is -4.58. The predicted octanol–water partition coefficient (Wildman–Crippen LogP) is 4.99. The summed E-state index contributed by atoms with van der Waals surface area (Å²) in [7, 11) is 0. The molecule has 6 heteroatoms. The van der Waals surface area contributed by atoms with Gasteiger partial charge in [0.1, 0.15) is 0 Å². The van der Waals surface area contributed by atoms with Gasteiger partial charge < -0.3 is 5.21 Å². The van der Waals surface area contributed by atoms with E-state index in [1.165, 1.54) is 6.21 Å². The number of benzene rings is 4. The highest BCUT2D eigenvalue weighted by Crippen LogP contribution is 2.39. The summed E-state index contributed by atoms with van der Waals surface area (Å²) in [5.74, 6) is 0.442. The lowest BCUT2D eigenvalue weighted by molar-refractivity contribution is 0.322. The summed E-state index contributed by atoms with van der Waals surface area (Å²) in [6, 6.07) is 38.0. The van der Waals surface area contributed by atoms with Crippen molar-refractivity contribution in [3.8, 4) is 11.4 Å². The molecule has 5 rings (SSSR count). The summed E-state index contributed by atoms with van der Waals surface area (Å²) in [5.41, 5.74) is 3.62. The Morgan fingerprint density at radius 2 is 1.15 bits per heavy atom. The van der Waals surface area contributed by atoms with Crippen LogP contribution in [0.25, 0.3) is 11.4 Å². The molecular formula is C27H21N5O. The van der Waals surface area contributed by atoms with Crippen molar-refractivity contribution in [1.82, 2.24) is 20.2 Å². The van der Waals surface area contributed by atoms with Crippen molar-refractivity contribution in [2.75, 3.05) is 0 Å². The molecule has 0 saturated heterocycles. The second-order valence-corrected chi connectivity index (χ2v) is 7.54. The molecule has 5 aromatic rings. The molecule has 0 aliphatic heterocycles. The number of aromatic nitrogens is 4. The molecule has 0 amide bonds. The van der Waals surface area contributed by atoms with Crippen molar-refractivity contribution in [2.24, 2.45) is 5.16 Å². The Morgan fingerprint density at radius 3 is 1.67 bits per heavy atom. The van der Waals surface area contributed by atoms with Crippen LogP contribution in [0.4, 0.5) is 0 Å². The fraction of sp³-hybridized carbons (Fsp3) is 0.0370. The first-order valence-corrected chi connectivity index (χ1v) is 10.6. The maximum absolute atomic E-state index is 9.08. The Kier molecular flexibility index (Phi) is 5.47. The average molecular weight is 431 g/mol. The van der Waals surface area contributed by atoms with E-state index >= 15 is 0 Å². The first-order chi connectivity index (χ1) is 16.3. The molecule has 4 aromatic carbocycles. The van der Waals surface area contributed by atoms with Crippen molar-refractivity contribution < 1.29 is 5.21 Å². The molecule has 0 aliphatic rings. The van der Waals surface area contributed by atoms with Gasteiger partial charge in [-0.1, -0.05) is 120 Å². The van der Waals surface area contributed by atoms with Gasteiger partial charge in [0.2, 0.25) is 5.82 Å². The van der Waals surface area contributed by atoms with Crippen LogP contribution < -0.4 is 0 Å². The van der Waals surface area contributed by atoms with Gasteiger partial charge in [-0.25, -0.2) is 0 Å². The van der Waals surface area contributed by atoms with Gasteiger partial charge in [-0.3, -0.25) is 0 Å². The highest BCUT2D eigenvalue weighted by Gasteiger charge is 2.41. The lowest BCUT2D eigenvalue weighted by atomic mass is 9.77. The molecule has 0 unspecified atom stereocenters. The van der Waals surface area contributed by atoms with Gasteiger partial charge in [-0.2, -0.15) is 0 Å². The second kappa shape index (κ2) is 8.88. The minimum atomic E-state index is -0.838. The largest absolute Gasteiger partial charge is 0.411 e. The Balaban J connectivity index is 1.80. The lowest BCUT2D eigenvalue weighted by Crippen LogP contribution is -2.39. The Labute approximate surface area is 191 Å². The molecule has 0 atom stereocenters. The van der Waals surface area contributed by atoms with E-state index in [1.807, 2.05) is 78.9 Å². The third kappa shape index (κ3) is 3.57. The minimum Gasteiger partial charge on any atom is -0.411 e. The molecular weight excluding hydrogens is 410 g/mol. The van der Waals surface area contributed by atoms with E-state index in [2.05, 4.69) is 51.9 Å². The van der Waals surface area contributed by atoms with Gasteiger partial charge in [0, 0.05) is 11.1 Å². The molecule has 1 aromatic heterocycles. The summed E-state index contributed by atoms with van der Waals surface area (Å²) in [6.07, 6.45) is 1.37. The number of rotatable bonds is 6. The van der Waals surface area contributed by atoms with Crippen molar-refractivity contribution in [2.45, 2.75) is 5.54 Å². The van der Waals surface area contributed by atoms with Crippen molar-refractivity contribution >= 4 is 6.21 Å². The van der Waals surface area contributed by atoms with E-state index in [0.717, 1.165) is 22.3 Å². The normalized spacial score (nSPS) is 11.6. The van der Waals surface area contributed by atoms with Crippen molar-refractivity contribution in [3.63, 3.8) is 0 Å². The maximum Gasteiger partial charge on any atom is 0.205 e. The van der Waals surface area contributed by atoms with Gasteiger partial charge >= 0.3 is 0 Å². The standard InChI is InChI=1S/C27H21N5O/c33-28-20-21-12-10-11-19-25(21)26-29-31-32(30-26)27(22-13-4-1-5-14-22,23-15-6-2-7-16-23)24-17-8-3-9-18-24/h1-20,33H. The second-order valence-electron chi connectivity index (χ2n) is 7.54. The van der Waals surface area contributed by atoms with E-state index in [1.54, 1.807) is 4.80 Å². The van der Waals surface area contributed by atoms with Gasteiger partial charge in [0.05, 0.1) is 6.21 Å². The number of hydrogen-bond donors (Lipinski definition) is 1. The number of tetrazole rings is 1. The lowest BCUT2D eigenvalue weighted by Gasteiger charge is -2.34. The van der Waals surface area contributed by atoms with Gasteiger partial charge in [-0.15, -0.1) is 15.0 Å². The van der Waals surface area contributed by atoms with Crippen LogP contribution in [0, 0.1) is 0 Å².